The van der Waals surface area contributed by atoms with Gasteiger partial charge in [-0.15, -0.1) is 0 Å². The monoisotopic (exact) mass is 178 g/mol. The molecule has 0 bridgehead atoms. The summed E-state index contributed by atoms with van der Waals surface area (Å²) in [7, 11) is -3.31. The van der Waals surface area contributed by atoms with Crippen LogP contribution in [-0.2, 0) is 14.3 Å². The molecule has 0 saturated heterocycles. The molecule has 0 unspecified atom stereocenters. The third-order valence-corrected chi connectivity index (χ3v) is 1.51. The van der Waals surface area contributed by atoms with Gasteiger partial charge in [0.05, 0.1) is 6.26 Å². The lowest BCUT2D eigenvalue weighted by Gasteiger charge is -1.98. The van der Waals surface area contributed by atoms with Gasteiger partial charge in [-0.05, 0) is 18.9 Å². The van der Waals surface area contributed by atoms with E-state index < -0.39 is 10.1 Å². The second-order valence-electron chi connectivity index (χ2n) is 2.51. The summed E-state index contributed by atoms with van der Waals surface area (Å²) in [5.41, 5.74) is 0.943. The van der Waals surface area contributed by atoms with E-state index in [0.29, 0.717) is 0 Å². The summed E-state index contributed by atoms with van der Waals surface area (Å²) in [6.07, 6.45) is 4.19. The second-order valence-corrected chi connectivity index (χ2v) is 4.12. The van der Waals surface area contributed by atoms with E-state index in [1.165, 1.54) is 6.26 Å². The molecule has 0 saturated carbocycles. The quantitative estimate of drug-likeness (QED) is 0.486. The highest BCUT2D eigenvalue weighted by molar-refractivity contribution is 7.86. The van der Waals surface area contributed by atoms with Crippen molar-refractivity contribution < 1.29 is 12.6 Å². The van der Waals surface area contributed by atoms with Gasteiger partial charge in [0.2, 0.25) is 0 Å². The van der Waals surface area contributed by atoms with Crippen LogP contribution in [-0.4, -0.2) is 14.7 Å². The molecule has 0 aromatic heterocycles. The summed E-state index contributed by atoms with van der Waals surface area (Å²) in [5.74, 6) is 0. The average Bonchev–Trinajstić information content (AvgIpc) is 1.83. The molecule has 3 nitrogen and oxygen atoms in total. The van der Waals surface area contributed by atoms with Crippen molar-refractivity contribution in [2.24, 2.45) is 0 Å². The van der Waals surface area contributed by atoms with Crippen molar-refractivity contribution in [1.82, 2.24) is 0 Å². The zero-order valence-corrected chi connectivity index (χ0v) is 7.94. The predicted molar refractivity (Wildman–Crippen MR) is 44.6 cm³/mol. The minimum atomic E-state index is -3.31. The topological polar surface area (TPSA) is 43.4 Å². The van der Waals surface area contributed by atoms with Crippen LogP contribution in [0.5, 0.6) is 0 Å². The van der Waals surface area contributed by atoms with Crippen LogP contribution >= 0.6 is 0 Å². The number of allylic oxidation sites excluding steroid dienone is 1. The van der Waals surface area contributed by atoms with Gasteiger partial charge in [0.25, 0.3) is 0 Å². The Morgan fingerprint density at radius 2 is 2.09 bits per heavy atom. The molecule has 0 aliphatic rings. The summed E-state index contributed by atoms with van der Waals surface area (Å²) >= 11 is 0. The van der Waals surface area contributed by atoms with Crippen LogP contribution in [0.2, 0.25) is 0 Å². The first-order valence-electron chi connectivity index (χ1n) is 3.49. The lowest BCUT2D eigenvalue weighted by atomic mass is 10.2. The molecular weight excluding hydrogens is 164 g/mol. The highest BCUT2D eigenvalue weighted by Crippen LogP contribution is 2.03. The van der Waals surface area contributed by atoms with E-state index in [-0.39, 0.29) is 0 Å². The summed E-state index contributed by atoms with van der Waals surface area (Å²) in [6, 6.07) is 0. The van der Waals surface area contributed by atoms with Crippen molar-refractivity contribution >= 4 is 10.1 Å². The molecule has 4 heteroatoms. The Hall–Kier alpha value is -0.510. The summed E-state index contributed by atoms with van der Waals surface area (Å²) in [4.78, 5) is 0. The van der Waals surface area contributed by atoms with Crippen molar-refractivity contribution in [3.8, 4) is 0 Å². The first kappa shape index (κ1) is 10.5. The Kier molecular flexibility index (Phi) is 4.18. The highest BCUT2D eigenvalue weighted by Gasteiger charge is 1.97. The van der Waals surface area contributed by atoms with Crippen molar-refractivity contribution in [2.75, 3.05) is 6.26 Å². The molecule has 0 aromatic rings. The maximum atomic E-state index is 10.5. The molecule has 0 amide bonds. The zero-order valence-electron chi connectivity index (χ0n) is 7.12. The molecule has 0 aliphatic heterocycles. The van der Waals surface area contributed by atoms with E-state index in [9.17, 15) is 8.42 Å². The molecule has 0 rings (SSSR count). The van der Waals surface area contributed by atoms with Gasteiger partial charge in [0, 0.05) is 0 Å². The van der Waals surface area contributed by atoms with Gasteiger partial charge in [-0.25, -0.2) is 0 Å². The number of hydrogen-bond acceptors (Lipinski definition) is 3. The minimum absolute atomic E-state index is 0.871. The van der Waals surface area contributed by atoms with Crippen LogP contribution in [0.15, 0.2) is 11.8 Å². The average molecular weight is 178 g/mol. The van der Waals surface area contributed by atoms with Crippen LogP contribution in [0, 0.1) is 0 Å². The van der Waals surface area contributed by atoms with Crippen molar-refractivity contribution in [3.63, 3.8) is 0 Å². The lowest BCUT2D eigenvalue weighted by Crippen LogP contribution is -1.96. The Morgan fingerprint density at radius 3 is 2.45 bits per heavy atom. The largest absolute Gasteiger partial charge is 0.391 e. The summed E-state index contributed by atoms with van der Waals surface area (Å²) in [6.45, 7) is 3.87. The molecular formula is C7H14O3S. The molecule has 0 atom stereocenters. The maximum Gasteiger partial charge on any atom is 0.305 e. The van der Waals surface area contributed by atoms with E-state index in [1.807, 2.05) is 13.8 Å². The Morgan fingerprint density at radius 1 is 1.55 bits per heavy atom. The third-order valence-electron chi connectivity index (χ3n) is 1.07. The Labute approximate surface area is 68.2 Å². The molecule has 66 valence electrons. The SMILES string of the molecule is CCCC(C)=COS(C)(=O)=O. The second kappa shape index (κ2) is 4.38. The van der Waals surface area contributed by atoms with Crippen LogP contribution in [0.3, 0.4) is 0 Å². The van der Waals surface area contributed by atoms with Gasteiger partial charge in [0.1, 0.15) is 6.26 Å². The van der Waals surface area contributed by atoms with Crippen molar-refractivity contribution in [1.29, 1.82) is 0 Å². The predicted octanol–water partition coefficient (Wildman–Crippen LogP) is 1.67. The number of hydrogen-bond donors (Lipinski definition) is 0. The van der Waals surface area contributed by atoms with E-state index in [4.69, 9.17) is 0 Å². The fraction of sp³-hybridized carbons (Fsp3) is 0.714. The van der Waals surface area contributed by atoms with Gasteiger partial charge in [-0.2, -0.15) is 8.42 Å². The van der Waals surface area contributed by atoms with Crippen LogP contribution < -0.4 is 0 Å². The third kappa shape index (κ3) is 7.39. The zero-order chi connectivity index (χ0) is 8.91. The first-order valence-corrected chi connectivity index (χ1v) is 5.31. The minimum Gasteiger partial charge on any atom is -0.391 e. The smallest absolute Gasteiger partial charge is 0.305 e. The van der Waals surface area contributed by atoms with E-state index >= 15 is 0 Å². The molecule has 0 heterocycles. The Balaban J connectivity index is 3.93. The molecule has 0 N–H and O–H groups in total. The molecule has 0 aromatic carbocycles. The Bertz CT molecular complexity index is 226. The normalized spacial score (nSPS) is 13.2. The molecule has 0 spiro atoms. The molecule has 0 radical (unpaired) electrons. The first-order chi connectivity index (χ1) is 4.95. The van der Waals surface area contributed by atoms with E-state index in [0.717, 1.165) is 24.7 Å². The van der Waals surface area contributed by atoms with Crippen LogP contribution in [0.1, 0.15) is 26.7 Å². The van der Waals surface area contributed by atoms with Crippen LogP contribution in [0.25, 0.3) is 0 Å². The fourth-order valence-electron chi connectivity index (χ4n) is 0.623. The lowest BCUT2D eigenvalue weighted by molar-refractivity contribution is 0.444. The van der Waals surface area contributed by atoms with Gasteiger partial charge in [-0.1, -0.05) is 13.3 Å². The fourth-order valence-corrected chi connectivity index (χ4v) is 0.962. The van der Waals surface area contributed by atoms with Gasteiger partial charge >= 0.3 is 10.1 Å². The van der Waals surface area contributed by atoms with Gasteiger partial charge in [-0.3, -0.25) is 0 Å². The van der Waals surface area contributed by atoms with Crippen molar-refractivity contribution in [2.45, 2.75) is 26.7 Å². The highest BCUT2D eigenvalue weighted by atomic mass is 32.2. The van der Waals surface area contributed by atoms with E-state index in [2.05, 4.69) is 4.18 Å². The molecule has 11 heavy (non-hydrogen) atoms. The van der Waals surface area contributed by atoms with Crippen LogP contribution in [0.4, 0.5) is 0 Å². The standard InChI is InChI=1S/C7H14O3S/c1-4-5-7(2)6-10-11(3,8)9/h6H,4-5H2,1-3H3. The molecule has 0 fully saturated rings. The van der Waals surface area contributed by atoms with Gasteiger partial charge < -0.3 is 4.18 Å². The maximum absolute atomic E-state index is 10.5. The molecule has 0 aliphatic carbocycles. The van der Waals surface area contributed by atoms with Crippen molar-refractivity contribution in [3.05, 3.63) is 11.8 Å². The number of rotatable bonds is 4. The van der Waals surface area contributed by atoms with E-state index in [1.54, 1.807) is 0 Å². The summed E-state index contributed by atoms with van der Waals surface area (Å²) in [5, 5.41) is 0. The summed E-state index contributed by atoms with van der Waals surface area (Å²) < 4.78 is 25.4. The van der Waals surface area contributed by atoms with Gasteiger partial charge in [0.15, 0.2) is 0 Å².